The van der Waals surface area contributed by atoms with Gasteiger partial charge < -0.3 is 19.9 Å². The number of ether oxygens (including phenoxy) is 1. The number of aromatic nitrogens is 2. The Kier molecular flexibility index (Phi) is 6.08. The summed E-state index contributed by atoms with van der Waals surface area (Å²) < 4.78 is 6.72. The lowest BCUT2D eigenvalue weighted by Gasteiger charge is -2.26. The molecule has 1 saturated heterocycles. The number of nitrogens with one attached hydrogen (secondary N) is 1. The summed E-state index contributed by atoms with van der Waals surface area (Å²) in [6.07, 6.45) is 3.95. The Labute approximate surface area is 158 Å². The second kappa shape index (κ2) is 8.68. The molecule has 2 aromatic rings. The van der Waals surface area contributed by atoms with Crippen molar-refractivity contribution in [2.24, 2.45) is 0 Å². The van der Waals surface area contributed by atoms with Crippen LogP contribution in [0.5, 0.6) is 0 Å². The first-order chi connectivity index (χ1) is 13.1. The van der Waals surface area contributed by atoms with E-state index in [0.717, 1.165) is 5.69 Å². The van der Waals surface area contributed by atoms with Crippen molar-refractivity contribution in [2.75, 3.05) is 37.0 Å². The number of amides is 3. The number of nitrogens with zero attached hydrogens (tertiary/aromatic N) is 4. The van der Waals surface area contributed by atoms with Crippen molar-refractivity contribution in [3.05, 3.63) is 42.7 Å². The number of likely N-dealkylation sites (N-methyl/N-ethyl adjacent to an activating group) is 1. The van der Waals surface area contributed by atoms with E-state index in [1.54, 1.807) is 34.0 Å². The number of rotatable bonds is 7. The Hall–Kier alpha value is -2.87. The van der Waals surface area contributed by atoms with Gasteiger partial charge in [-0.2, -0.15) is 5.10 Å². The maximum Gasteiger partial charge on any atom is 0.322 e. The van der Waals surface area contributed by atoms with Gasteiger partial charge in [0.1, 0.15) is 6.04 Å². The van der Waals surface area contributed by atoms with Crippen LogP contribution < -0.4 is 10.2 Å². The molecule has 1 aliphatic heterocycles. The van der Waals surface area contributed by atoms with Crippen molar-refractivity contribution in [3.63, 3.8) is 0 Å². The minimum Gasteiger partial charge on any atom is -0.383 e. The number of hydrogen-bond donors (Lipinski definition) is 1. The lowest BCUT2D eigenvalue weighted by molar-refractivity contribution is -0.120. The fourth-order valence-electron chi connectivity index (χ4n) is 3.25. The van der Waals surface area contributed by atoms with Crippen molar-refractivity contribution in [1.82, 2.24) is 14.7 Å². The normalized spacial score (nSPS) is 16.6. The standard InChI is InChI=1S/C19H25N5O3/c1-3-23(19(26)21-15-13-20-22(14-15)11-12-27-2)17-9-10-24(18(17)25)16-7-5-4-6-8-16/h4-8,13-14,17H,3,9-12H2,1-2H3,(H,21,26)/t17-/m1/s1. The van der Waals surface area contributed by atoms with Crippen molar-refractivity contribution in [3.8, 4) is 0 Å². The molecule has 1 atom stereocenters. The molecule has 0 saturated carbocycles. The molecule has 3 rings (SSSR count). The van der Waals surface area contributed by atoms with E-state index in [0.29, 0.717) is 38.3 Å². The number of benzene rings is 1. The Balaban J connectivity index is 1.65. The number of anilines is 2. The van der Waals surface area contributed by atoms with Crippen molar-refractivity contribution in [2.45, 2.75) is 25.9 Å². The Morgan fingerprint density at radius 2 is 2.15 bits per heavy atom. The van der Waals surface area contributed by atoms with Crippen LogP contribution in [-0.4, -0.2) is 59.5 Å². The molecule has 1 N–H and O–H groups in total. The third-order valence-electron chi connectivity index (χ3n) is 4.63. The average molecular weight is 371 g/mol. The largest absolute Gasteiger partial charge is 0.383 e. The molecule has 3 amide bonds. The zero-order valence-electron chi connectivity index (χ0n) is 15.7. The summed E-state index contributed by atoms with van der Waals surface area (Å²) in [6.45, 7) is 4.08. The molecule has 27 heavy (non-hydrogen) atoms. The van der Waals surface area contributed by atoms with Gasteiger partial charge in [-0.05, 0) is 25.5 Å². The van der Waals surface area contributed by atoms with E-state index >= 15 is 0 Å². The third kappa shape index (κ3) is 4.28. The Morgan fingerprint density at radius 3 is 2.85 bits per heavy atom. The summed E-state index contributed by atoms with van der Waals surface area (Å²) in [4.78, 5) is 28.9. The number of methoxy groups -OCH3 is 1. The lowest BCUT2D eigenvalue weighted by Crippen LogP contribution is -2.47. The number of hydrogen-bond acceptors (Lipinski definition) is 4. The van der Waals surface area contributed by atoms with Crippen LogP contribution in [0.15, 0.2) is 42.7 Å². The van der Waals surface area contributed by atoms with Gasteiger partial charge in [-0.25, -0.2) is 4.79 Å². The molecule has 1 fully saturated rings. The van der Waals surface area contributed by atoms with Gasteiger partial charge in [-0.3, -0.25) is 9.48 Å². The number of para-hydroxylation sites is 1. The van der Waals surface area contributed by atoms with Crippen molar-refractivity contribution in [1.29, 1.82) is 0 Å². The third-order valence-corrected chi connectivity index (χ3v) is 4.63. The van der Waals surface area contributed by atoms with Crippen LogP contribution in [0.4, 0.5) is 16.2 Å². The fourth-order valence-corrected chi connectivity index (χ4v) is 3.25. The number of carbonyl (C=O) groups is 2. The highest BCUT2D eigenvalue weighted by atomic mass is 16.5. The van der Waals surface area contributed by atoms with Crippen LogP contribution >= 0.6 is 0 Å². The van der Waals surface area contributed by atoms with Gasteiger partial charge in [0.25, 0.3) is 0 Å². The summed E-state index contributed by atoms with van der Waals surface area (Å²) in [5, 5.41) is 7.02. The van der Waals surface area contributed by atoms with E-state index < -0.39 is 6.04 Å². The van der Waals surface area contributed by atoms with E-state index in [2.05, 4.69) is 10.4 Å². The first-order valence-electron chi connectivity index (χ1n) is 9.09. The highest BCUT2D eigenvalue weighted by Crippen LogP contribution is 2.24. The fraction of sp³-hybridized carbons (Fsp3) is 0.421. The molecule has 144 valence electrons. The van der Waals surface area contributed by atoms with E-state index in [-0.39, 0.29) is 11.9 Å². The van der Waals surface area contributed by atoms with Crippen molar-refractivity contribution >= 4 is 23.3 Å². The van der Waals surface area contributed by atoms with Gasteiger partial charge in [0.2, 0.25) is 5.91 Å². The molecular weight excluding hydrogens is 346 g/mol. The van der Waals surface area contributed by atoms with Crippen LogP contribution in [0, 0.1) is 0 Å². The molecular formula is C19H25N5O3. The van der Waals surface area contributed by atoms with Crippen LogP contribution in [0.25, 0.3) is 0 Å². The molecule has 8 nitrogen and oxygen atoms in total. The summed E-state index contributed by atoms with van der Waals surface area (Å²) in [5.41, 5.74) is 1.46. The lowest BCUT2D eigenvalue weighted by atomic mass is 10.2. The Bertz CT molecular complexity index is 777. The summed E-state index contributed by atoms with van der Waals surface area (Å²) in [5.74, 6) is -0.0472. The molecule has 0 spiro atoms. The van der Waals surface area contributed by atoms with Gasteiger partial charge in [0.15, 0.2) is 0 Å². The van der Waals surface area contributed by atoms with E-state index in [4.69, 9.17) is 4.74 Å². The maximum atomic E-state index is 12.9. The first-order valence-corrected chi connectivity index (χ1v) is 9.09. The highest BCUT2D eigenvalue weighted by Gasteiger charge is 2.38. The summed E-state index contributed by atoms with van der Waals surface area (Å²) >= 11 is 0. The molecule has 1 aliphatic rings. The SMILES string of the molecule is CCN(C(=O)Nc1cnn(CCOC)c1)[C@@H]1CCN(c2ccccc2)C1=O. The van der Waals surface area contributed by atoms with Gasteiger partial charge in [-0.15, -0.1) is 0 Å². The molecule has 2 heterocycles. The molecule has 8 heteroatoms. The zero-order chi connectivity index (χ0) is 19.2. The molecule has 1 aromatic carbocycles. The average Bonchev–Trinajstić information content (AvgIpc) is 3.28. The van der Waals surface area contributed by atoms with Gasteiger partial charge in [0, 0.05) is 32.1 Å². The highest BCUT2D eigenvalue weighted by molar-refractivity contribution is 6.02. The monoisotopic (exact) mass is 371 g/mol. The minimum absolute atomic E-state index is 0.0472. The molecule has 0 radical (unpaired) electrons. The van der Waals surface area contributed by atoms with Gasteiger partial charge in [-0.1, -0.05) is 18.2 Å². The zero-order valence-corrected chi connectivity index (χ0v) is 15.7. The van der Waals surface area contributed by atoms with Crippen LogP contribution in [0.2, 0.25) is 0 Å². The van der Waals surface area contributed by atoms with Crippen LogP contribution in [-0.2, 0) is 16.1 Å². The van der Waals surface area contributed by atoms with E-state index in [1.165, 1.54) is 0 Å². The van der Waals surface area contributed by atoms with Gasteiger partial charge >= 0.3 is 6.03 Å². The predicted octanol–water partition coefficient (Wildman–Crippen LogP) is 2.19. The number of carbonyl (C=O) groups excluding carboxylic acids is 2. The van der Waals surface area contributed by atoms with E-state index in [9.17, 15) is 9.59 Å². The van der Waals surface area contributed by atoms with Crippen molar-refractivity contribution < 1.29 is 14.3 Å². The molecule has 0 aliphatic carbocycles. The topological polar surface area (TPSA) is 79.7 Å². The maximum absolute atomic E-state index is 12.9. The number of urea groups is 1. The smallest absolute Gasteiger partial charge is 0.322 e. The Morgan fingerprint density at radius 1 is 1.37 bits per heavy atom. The first kappa shape index (κ1) is 18.9. The quantitative estimate of drug-likeness (QED) is 0.809. The van der Waals surface area contributed by atoms with Crippen LogP contribution in [0.1, 0.15) is 13.3 Å². The second-order valence-electron chi connectivity index (χ2n) is 6.33. The minimum atomic E-state index is -0.459. The van der Waals surface area contributed by atoms with Gasteiger partial charge in [0.05, 0.1) is 25.0 Å². The molecule has 0 bridgehead atoms. The molecule has 1 aromatic heterocycles. The van der Waals surface area contributed by atoms with Crippen LogP contribution in [0.3, 0.4) is 0 Å². The molecule has 0 unspecified atom stereocenters. The van der Waals surface area contributed by atoms with E-state index in [1.807, 2.05) is 37.3 Å². The predicted molar refractivity (Wildman–Crippen MR) is 103 cm³/mol. The summed E-state index contributed by atoms with van der Waals surface area (Å²) in [7, 11) is 1.63. The second-order valence-corrected chi connectivity index (χ2v) is 6.33. The summed E-state index contributed by atoms with van der Waals surface area (Å²) in [6, 6.07) is 8.79.